The Balaban J connectivity index is 1.60. The molecule has 0 aliphatic rings. The van der Waals surface area contributed by atoms with E-state index in [1.165, 1.54) is 13.3 Å². The van der Waals surface area contributed by atoms with Crippen LogP contribution in [-0.2, 0) is 0 Å². The van der Waals surface area contributed by atoms with Crippen molar-refractivity contribution in [3.63, 3.8) is 0 Å². The van der Waals surface area contributed by atoms with E-state index in [2.05, 4.69) is 17.5 Å². The van der Waals surface area contributed by atoms with Gasteiger partial charge in [-0.25, -0.2) is 10.2 Å². The fraction of sp³-hybridized carbons (Fsp3) is 0.222. The van der Waals surface area contributed by atoms with Crippen LogP contribution in [-0.4, -0.2) is 31.8 Å². The molecule has 7 heteroatoms. The molecule has 34 heavy (non-hydrogen) atoms. The number of carbonyl (C=O) groups excluding carboxylic acids is 2. The van der Waals surface area contributed by atoms with E-state index in [4.69, 9.17) is 14.2 Å². The third-order valence-corrected chi connectivity index (χ3v) is 4.94. The van der Waals surface area contributed by atoms with Crippen LogP contribution in [0.5, 0.6) is 17.2 Å². The lowest BCUT2D eigenvalue weighted by Crippen LogP contribution is -2.17. The molecule has 0 atom stereocenters. The van der Waals surface area contributed by atoms with Crippen LogP contribution in [0.4, 0.5) is 0 Å². The van der Waals surface area contributed by atoms with E-state index in [-0.39, 0.29) is 11.7 Å². The average Bonchev–Trinajstić information content (AvgIpc) is 2.85. The van der Waals surface area contributed by atoms with Gasteiger partial charge in [0, 0.05) is 5.56 Å². The zero-order chi connectivity index (χ0) is 24.3. The minimum absolute atomic E-state index is 0.275. The van der Waals surface area contributed by atoms with Gasteiger partial charge in [-0.1, -0.05) is 31.0 Å². The summed E-state index contributed by atoms with van der Waals surface area (Å²) in [5.41, 5.74) is 5.13. The summed E-state index contributed by atoms with van der Waals surface area (Å²) >= 11 is 0. The normalized spacial score (nSPS) is 10.7. The molecule has 1 N–H and O–H groups in total. The monoisotopic (exact) mass is 460 g/mol. The molecular weight excluding hydrogens is 432 g/mol. The van der Waals surface area contributed by atoms with Crippen molar-refractivity contribution >= 4 is 18.1 Å². The first-order chi connectivity index (χ1) is 16.5. The van der Waals surface area contributed by atoms with E-state index in [0.717, 1.165) is 18.4 Å². The van der Waals surface area contributed by atoms with E-state index in [1.54, 1.807) is 54.6 Å². The second-order valence-electron chi connectivity index (χ2n) is 7.59. The van der Waals surface area contributed by atoms with Crippen molar-refractivity contribution in [2.45, 2.75) is 26.7 Å². The summed E-state index contributed by atoms with van der Waals surface area (Å²) in [6.07, 6.45) is 3.51. The Morgan fingerprint density at radius 2 is 1.65 bits per heavy atom. The van der Waals surface area contributed by atoms with Gasteiger partial charge in [0.2, 0.25) is 0 Å². The summed E-state index contributed by atoms with van der Waals surface area (Å²) in [6.45, 7) is 4.69. The van der Waals surface area contributed by atoms with Crippen LogP contribution < -0.4 is 19.6 Å². The number of hydrogen-bond acceptors (Lipinski definition) is 6. The van der Waals surface area contributed by atoms with Crippen LogP contribution in [0.25, 0.3) is 0 Å². The van der Waals surface area contributed by atoms with Gasteiger partial charge < -0.3 is 14.2 Å². The lowest BCUT2D eigenvalue weighted by Gasteiger charge is -2.10. The second-order valence-corrected chi connectivity index (χ2v) is 7.59. The van der Waals surface area contributed by atoms with Crippen LogP contribution in [0, 0.1) is 6.92 Å². The number of nitrogens with zero attached hydrogens (tertiary/aromatic N) is 1. The Labute approximate surface area is 199 Å². The van der Waals surface area contributed by atoms with Gasteiger partial charge in [0.15, 0.2) is 11.5 Å². The van der Waals surface area contributed by atoms with Crippen molar-refractivity contribution in [1.29, 1.82) is 0 Å². The number of rotatable bonds is 10. The molecule has 0 spiro atoms. The van der Waals surface area contributed by atoms with Gasteiger partial charge in [0.1, 0.15) is 5.75 Å². The van der Waals surface area contributed by atoms with E-state index < -0.39 is 5.97 Å². The summed E-state index contributed by atoms with van der Waals surface area (Å²) in [4.78, 5) is 24.7. The van der Waals surface area contributed by atoms with Gasteiger partial charge in [-0.15, -0.1) is 0 Å². The van der Waals surface area contributed by atoms with Crippen molar-refractivity contribution in [3.05, 3.63) is 89.0 Å². The molecule has 0 fully saturated rings. The fourth-order valence-electron chi connectivity index (χ4n) is 2.96. The second kappa shape index (κ2) is 12.2. The molecule has 7 nitrogen and oxygen atoms in total. The van der Waals surface area contributed by atoms with Gasteiger partial charge in [0.05, 0.1) is 25.5 Å². The molecule has 1 amide bonds. The lowest BCUT2D eigenvalue weighted by atomic mass is 10.1. The smallest absolute Gasteiger partial charge is 0.343 e. The highest BCUT2D eigenvalue weighted by molar-refractivity contribution is 5.95. The predicted molar refractivity (Wildman–Crippen MR) is 131 cm³/mol. The largest absolute Gasteiger partial charge is 0.494 e. The van der Waals surface area contributed by atoms with E-state index in [1.807, 2.05) is 19.1 Å². The topological polar surface area (TPSA) is 86.2 Å². The molecule has 3 aromatic rings. The van der Waals surface area contributed by atoms with Crippen LogP contribution in [0.15, 0.2) is 71.8 Å². The number of ether oxygens (including phenoxy) is 3. The zero-order valence-electron chi connectivity index (χ0n) is 19.5. The van der Waals surface area contributed by atoms with Crippen LogP contribution in [0.1, 0.15) is 51.6 Å². The molecular formula is C27H28N2O5. The van der Waals surface area contributed by atoms with Crippen LogP contribution in [0.3, 0.4) is 0 Å². The van der Waals surface area contributed by atoms with Crippen molar-refractivity contribution in [2.75, 3.05) is 13.7 Å². The quantitative estimate of drug-likeness (QED) is 0.148. The molecule has 0 heterocycles. The summed E-state index contributed by atoms with van der Waals surface area (Å²) in [6, 6.07) is 19.0. The van der Waals surface area contributed by atoms with E-state index in [0.29, 0.717) is 34.8 Å². The molecule has 176 valence electrons. The van der Waals surface area contributed by atoms with E-state index >= 15 is 0 Å². The Kier molecular flexibility index (Phi) is 8.80. The van der Waals surface area contributed by atoms with Crippen molar-refractivity contribution < 1.29 is 23.8 Å². The number of amides is 1. The van der Waals surface area contributed by atoms with Gasteiger partial charge in [-0.05, 0) is 73.5 Å². The minimum atomic E-state index is -0.509. The number of benzene rings is 3. The first kappa shape index (κ1) is 24.5. The number of nitrogens with one attached hydrogen (secondary N) is 1. The van der Waals surface area contributed by atoms with Crippen LogP contribution >= 0.6 is 0 Å². The molecule has 3 rings (SSSR count). The number of aryl methyl sites for hydroxylation is 1. The maximum absolute atomic E-state index is 12.5. The van der Waals surface area contributed by atoms with Gasteiger partial charge >= 0.3 is 5.97 Å². The SMILES string of the molecule is CCCCOc1ccc(C(=O)Oc2ccc(C=NNC(=O)c3ccc(C)cc3)cc2OC)cc1. The van der Waals surface area contributed by atoms with Gasteiger partial charge in [0.25, 0.3) is 5.91 Å². The first-order valence-electron chi connectivity index (χ1n) is 11.0. The molecule has 0 aliphatic carbocycles. The number of methoxy groups -OCH3 is 1. The van der Waals surface area contributed by atoms with Gasteiger partial charge in [-0.3, -0.25) is 4.79 Å². The highest BCUT2D eigenvalue weighted by Gasteiger charge is 2.13. The van der Waals surface area contributed by atoms with Gasteiger partial charge in [-0.2, -0.15) is 5.10 Å². The number of unbranched alkanes of at least 4 members (excludes halogenated alkanes) is 1. The average molecular weight is 461 g/mol. The number of esters is 1. The summed E-state index contributed by atoms with van der Waals surface area (Å²) in [5.74, 6) is 0.528. The molecule has 3 aromatic carbocycles. The Bertz CT molecular complexity index is 1140. The Hall–Kier alpha value is -4.13. The molecule has 0 aromatic heterocycles. The molecule has 0 unspecified atom stereocenters. The molecule has 0 aliphatic heterocycles. The maximum Gasteiger partial charge on any atom is 0.343 e. The first-order valence-corrected chi connectivity index (χ1v) is 11.0. The number of carbonyl (C=O) groups is 2. The minimum Gasteiger partial charge on any atom is -0.494 e. The van der Waals surface area contributed by atoms with Crippen molar-refractivity contribution in [2.24, 2.45) is 5.10 Å². The molecule has 0 bridgehead atoms. The number of hydrogen-bond donors (Lipinski definition) is 1. The van der Waals surface area contributed by atoms with Crippen molar-refractivity contribution in [3.8, 4) is 17.2 Å². The maximum atomic E-state index is 12.5. The summed E-state index contributed by atoms with van der Waals surface area (Å²) in [5, 5.41) is 3.99. The highest BCUT2D eigenvalue weighted by Crippen LogP contribution is 2.28. The van der Waals surface area contributed by atoms with E-state index in [9.17, 15) is 9.59 Å². The fourth-order valence-corrected chi connectivity index (χ4v) is 2.96. The number of hydrazone groups is 1. The highest BCUT2D eigenvalue weighted by atomic mass is 16.6. The lowest BCUT2D eigenvalue weighted by molar-refractivity contribution is 0.0729. The Morgan fingerprint density at radius 1 is 0.941 bits per heavy atom. The van der Waals surface area contributed by atoms with Crippen LogP contribution in [0.2, 0.25) is 0 Å². The third-order valence-electron chi connectivity index (χ3n) is 4.94. The summed E-state index contributed by atoms with van der Waals surface area (Å²) in [7, 11) is 1.48. The summed E-state index contributed by atoms with van der Waals surface area (Å²) < 4.78 is 16.5. The molecule has 0 saturated heterocycles. The third kappa shape index (κ3) is 6.93. The standard InChI is InChI=1S/C27H28N2O5/c1-4-5-16-33-23-13-11-22(12-14-23)27(31)34-24-15-8-20(17-25(24)32-3)18-28-29-26(30)21-9-6-19(2)7-10-21/h6-15,17-18H,4-5,16H2,1-3H3,(H,29,30). The molecule has 0 saturated carbocycles. The predicted octanol–water partition coefficient (Wildman–Crippen LogP) is 5.17. The van der Waals surface area contributed by atoms with Crippen molar-refractivity contribution in [1.82, 2.24) is 5.43 Å². The molecule has 0 radical (unpaired) electrons. The Morgan fingerprint density at radius 3 is 2.32 bits per heavy atom. The zero-order valence-corrected chi connectivity index (χ0v) is 19.5.